The maximum Gasteiger partial charge on any atom is 0.227 e. The summed E-state index contributed by atoms with van der Waals surface area (Å²) in [7, 11) is 1.81. The Labute approximate surface area is 141 Å². The molecule has 0 aliphatic carbocycles. The van der Waals surface area contributed by atoms with Crippen molar-refractivity contribution < 1.29 is 9.53 Å². The van der Waals surface area contributed by atoms with E-state index in [-0.39, 0.29) is 11.9 Å². The highest BCUT2D eigenvalue weighted by Crippen LogP contribution is 2.23. The Kier molecular flexibility index (Phi) is 5.00. The normalized spacial score (nSPS) is 17.6. The number of nitrogens with zero attached hydrogens (tertiary/aromatic N) is 4. The lowest BCUT2D eigenvalue weighted by atomic mass is 10.1. The van der Waals surface area contributed by atoms with Crippen molar-refractivity contribution in [2.45, 2.75) is 19.4 Å². The fraction of sp³-hybridized carbons (Fsp3) is 0.412. The van der Waals surface area contributed by atoms with Crippen LogP contribution < -0.4 is 5.32 Å². The molecule has 1 fully saturated rings. The van der Waals surface area contributed by atoms with Crippen molar-refractivity contribution in [2.75, 3.05) is 32.1 Å². The number of anilines is 1. The number of rotatable bonds is 4. The Morgan fingerprint density at radius 3 is 3.08 bits per heavy atom. The van der Waals surface area contributed by atoms with Crippen LogP contribution in [0.1, 0.15) is 23.1 Å². The van der Waals surface area contributed by atoms with E-state index in [9.17, 15) is 4.79 Å². The third kappa shape index (κ3) is 3.68. The summed E-state index contributed by atoms with van der Waals surface area (Å²) in [6.45, 7) is 3.39. The van der Waals surface area contributed by atoms with E-state index < -0.39 is 0 Å². The van der Waals surface area contributed by atoms with Gasteiger partial charge in [0.15, 0.2) is 5.82 Å². The zero-order valence-electron chi connectivity index (χ0n) is 13.9. The molecule has 2 aromatic rings. The zero-order chi connectivity index (χ0) is 16.9. The number of pyridine rings is 1. The summed E-state index contributed by atoms with van der Waals surface area (Å²) in [6, 6.07) is 5.34. The molecule has 1 aliphatic rings. The second-order valence-corrected chi connectivity index (χ2v) is 5.72. The lowest BCUT2D eigenvalue weighted by Crippen LogP contribution is -2.44. The monoisotopic (exact) mass is 327 g/mol. The van der Waals surface area contributed by atoms with Gasteiger partial charge in [0.2, 0.25) is 5.91 Å². The second-order valence-electron chi connectivity index (χ2n) is 5.72. The fourth-order valence-electron chi connectivity index (χ4n) is 2.76. The van der Waals surface area contributed by atoms with E-state index >= 15 is 0 Å². The summed E-state index contributed by atoms with van der Waals surface area (Å²) in [4.78, 5) is 27.7. The van der Waals surface area contributed by atoms with Gasteiger partial charge in [-0.1, -0.05) is 6.07 Å². The van der Waals surface area contributed by atoms with Gasteiger partial charge in [0.1, 0.15) is 11.9 Å². The molecule has 7 nitrogen and oxygen atoms in total. The molecule has 3 rings (SSSR count). The zero-order valence-corrected chi connectivity index (χ0v) is 13.9. The van der Waals surface area contributed by atoms with Crippen LogP contribution in [0.25, 0.3) is 0 Å². The molecule has 1 unspecified atom stereocenters. The van der Waals surface area contributed by atoms with E-state index in [1.165, 1.54) is 0 Å². The van der Waals surface area contributed by atoms with Gasteiger partial charge in [0, 0.05) is 37.7 Å². The van der Waals surface area contributed by atoms with Crippen molar-refractivity contribution in [3.05, 3.63) is 47.7 Å². The second kappa shape index (κ2) is 7.35. The van der Waals surface area contributed by atoms with Crippen LogP contribution >= 0.6 is 0 Å². The number of hydrogen-bond acceptors (Lipinski definition) is 6. The predicted molar refractivity (Wildman–Crippen MR) is 89.5 cm³/mol. The molecule has 24 heavy (non-hydrogen) atoms. The largest absolute Gasteiger partial charge is 0.377 e. The molecule has 1 N–H and O–H groups in total. The molecule has 1 aliphatic heterocycles. The van der Waals surface area contributed by atoms with Gasteiger partial charge < -0.3 is 15.0 Å². The first-order valence-corrected chi connectivity index (χ1v) is 7.97. The van der Waals surface area contributed by atoms with Crippen molar-refractivity contribution in [3.63, 3.8) is 0 Å². The Balaban J connectivity index is 1.83. The minimum absolute atomic E-state index is 0.0346. The molecule has 1 saturated heterocycles. The molecule has 0 saturated carbocycles. The van der Waals surface area contributed by atoms with Crippen LogP contribution in [-0.2, 0) is 16.0 Å². The summed E-state index contributed by atoms with van der Waals surface area (Å²) in [5.74, 6) is 1.38. The van der Waals surface area contributed by atoms with Crippen LogP contribution in [0, 0.1) is 6.92 Å². The number of aryl methyl sites for hydroxylation is 1. The first kappa shape index (κ1) is 16.3. The lowest BCUT2D eigenvalue weighted by molar-refractivity contribution is -0.139. The Hall–Kier alpha value is -2.54. The van der Waals surface area contributed by atoms with E-state index in [1.807, 2.05) is 37.1 Å². The molecule has 3 heterocycles. The summed E-state index contributed by atoms with van der Waals surface area (Å²) >= 11 is 0. The van der Waals surface area contributed by atoms with E-state index in [0.29, 0.717) is 32.0 Å². The first-order valence-electron chi connectivity index (χ1n) is 7.97. The van der Waals surface area contributed by atoms with Crippen LogP contribution in [0.2, 0.25) is 0 Å². The van der Waals surface area contributed by atoms with Gasteiger partial charge in [0.25, 0.3) is 0 Å². The van der Waals surface area contributed by atoms with Gasteiger partial charge in [0.05, 0.1) is 19.6 Å². The average Bonchev–Trinajstić information content (AvgIpc) is 2.62. The van der Waals surface area contributed by atoms with E-state index in [2.05, 4.69) is 20.3 Å². The van der Waals surface area contributed by atoms with Gasteiger partial charge in [-0.25, -0.2) is 9.97 Å². The van der Waals surface area contributed by atoms with Crippen LogP contribution in [0.5, 0.6) is 0 Å². The van der Waals surface area contributed by atoms with Crippen molar-refractivity contribution in [1.29, 1.82) is 0 Å². The third-order valence-electron chi connectivity index (χ3n) is 3.95. The smallest absolute Gasteiger partial charge is 0.227 e. The van der Waals surface area contributed by atoms with E-state index in [0.717, 1.165) is 17.1 Å². The van der Waals surface area contributed by atoms with Crippen LogP contribution in [0.15, 0.2) is 30.6 Å². The van der Waals surface area contributed by atoms with Crippen molar-refractivity contribution >= 4 is 11.7 Å². The van der Waals surface area contributed by atoms with Gasteiger partial charge in [-0.3, -0.25) is 9.78 Å². The minimum atomic E-state index is -0.269. The molecule has 0 bridgehead atoms. The predicted octanol–water partition coefficient (Wildman–Crippen LogP) is 1.36. The standard InChI is InChI=1S/C17H21N5O2/c1-12-8-15(18-2)21-17(20-12)14-11-24-7-6-22(14)16(23)9-13-4-3-5-19-10-13/h3-5,8,10,14H,6-7,9,11H2,1-2H3,(H,18,20,21). The van der Waals surface area contributed by atoms with Gasteiger partial charge in [-0.2, -0.15) is 0 Å². The Morgan fingerprint density at radius 1 is 1.46 bits per heavy atom. The highest BCUT2D eigenvalue weighted by molar-refractivity contribution is 5.79. The number of carbonyl (C=O) groups is 1. The highest BCUT2D eigenvalue weighted by atomic mass is 16.5. The first-order chi connectivity index (χ1) is 11.7. The number of carbonyl (C=O) groups excluding carboxylic acids is 1. The van der Waals surface area contributed by atoms with Crippen molar-refractivity contribution in [3.8, 4) is 0 Å². The molecule has 1 amide bonds. The number of hydrogen-bond donors (Lipinski definition) is 1. The molecule has 0 spiro atoms. The number of nitrogens with one attached hydrogen (secondary N) is 1. The topological polar surface area (TPSA) is 80.2 Å². The Morgan fingerprint density at radius 2 is 2.33 bits per heavy atom. The average molecular weight is 327 g/mol. The number of morpholine rings is 1. The highest BCUT2D eigenvalue weighted by Gasteiger charge is 2.31. The molecule has 0 radical (unpaired) electrons. The Bertz CT molecular complexity index is 707. The molecule has 126 valence electrons. The van der Waals surface area contributed by atoms with Gasteiger partial charge >= 0.3 is 0 Å². The van der Waals surface area contributed by atoms with Crippen molar-refractivity contribution in [1.82, 2.24) is 19.9 Å². The van der Waals surface area contributed by atoms with Gasteiger partial charge in [-0.15, -0.1) is 0 Å². The van der Waals surface area contributed by atoms with Crippen LogP contribution in [-0.4, -0.2) is 52.6 Å². The molecule has 1 atom stereocenters. The summed E-state index contributed by atoms with van der Waals surface area (Å²) < 4.78 is 5.57. The molecule has 2 aromatic heterocycles. The number of amides is 1. The summed E-state index contributed by atoms with van der Waals surface area (Å²) in [5.41, 5.74) is 1.75. The molecular weight excluding hydrogens is 306 g/mol. The van der Waals surface area contributed by atoms with Crippen molar-refractivity contribution in [2.24, 2.45) is 0 Å². The quantitative estimate of drug-likeness (QED) is 0.913. The number of ether oxygens (including phenoxy) is 1. The van der Waals surface area contributed by atoms with Crippen LogP contribution in [0.4, 0.5) is 5.82 Å². The SMILES string of the molecule is CNc1cc(C)nc(C2COCCN2C(=O)Cc2cccnc2)n1. The van der Waals surface area contributed by atoms with Crippen LogP contribution in [0.3, 0.4) is 0 Å². The fourth-order valence-corrected chi connectivity index (χ4v) is 2.76. The maximum absolute atomic E-state index is 12.8. The number of aromatic nitrogens is 3. The van der Waals surface area contributed by atoms with E-state index in [4.69, 9.17) is 4.74 Å². The summed E-state index contributed by atoms with van der Waals surface area (Å²) in [5, 5.41) is 3.03. The molecular formula is C17H21N5O2. The summed E-state index contributed by atoms with van der Waals surface area (Å²) in [6.07, 6.45) is 3.73. The van der Waals surface area contributed by atoms with Gasteiger partial charge in [-0.05, 0) is 18.6 Å². The minimum Gasteiger partial charge on any atom is -0.377 e. The maximum atomic E-state index is 12.8. The van der Waals surface area contributed by atoms with E-state index in [1.54, 1.807) is 12.4 Å². The third-order valence-corrected chi connectivity index (χ3v) is 3.95. The lowest BCUT2D eigenvalue weighted by Gasteiger charge is -2.35. The molecule has 0 aromatic carbocycles. The molecule has 7 heteroatoms.